The summed E-state index contributed by atoms with van der Waals surface area (Å²) in [7, 11) is 1.59. The van der Waals surface area contributed by atoms with Gasteiger partial charge in [0, 0.05) is 19.9 Å². The van der Waals surface area contributed by atoms with E-state index >= 15 is 0 Å². The fraction of sp³-hybridized carbons (Fsp3) is 0.939. The summed E-state index contributed by atoms with van der Waals surface area (Å²) in [6, 6.07) is 0. The predicted octanol–water partition coefficient (Wildman–Crippen LogP) is 8.66. The molecule has 0 aliphatic carbocycles. The van der Waals surface area contributed by atoms with Gasteiger partial charge in [0.25, 0.3) is 0 Å². The SMILES string of the molecule is CCCCCCCCCCCCCC(=O)OC[C@H](CON(C)CO)OC(=O)CCCCCCCCCCCCC. The normalized spacial score (nSPS) is 12.1. The molecule has 0 saturated carbocycles. The molecule has 0 rings (SSSR count). The molecule has 0 aromatic carbocycles. The van der Waals surface area contributed by atoms with E-state index in [0.717, 1.165) is 38.5 Å². The van der Waals surface area contributed by atoms with E-state index in [1.165, 1.54) is 108 Å². The molecule has 0 unspecified atom stereocenters. The fourth-order valence-electron chi connectivity index (χ4n) is 4.74. The zero-order valence-corrected chi connectivity index (χ0v) is 26.6. The molecule has 0 heterocycles. The van der Waals surface area contributed by atoms with Gasteiger partial charge in [0.15, 0.2) is 6.10 Å². The third-order valence-corrected chi connectivity index (χ3v) is 7.38. The third kappa shape index (κ3) is 28.4. The molecule has 1 N–H and O–H groups in total. The number of carbonyl (C=O) groups excluding carboxylic acids is 2. The van der Waals surface area contributed by atoms with Crippen LogP contribution in [-0.4, -0.2) is 55.2 Å². The first kappa shape index (κ1) is 38.8. The van der Waals surface area contributed by atoms with Crippen LogP contribution in [-0.2, 0) is 23.9 Å². The first-order valence-electron chi connectivity index (χ1n) is 16.8. The Kier molecular flexibility index (Phi) is 29.9. The van der Waals surface area contributed by atoms with E-state index in [1.54, 1.807) is 7.05 Å². The molecular weight excluding hydrogens is 506 g/mol. The maximum atomic E-state index is 12.4. The number of unbranched alkanes of at least 4 members (excludes halogenated alkanes) is 20. The summed E-state index contributed by atoms with van der Waals surface area (Å²) in [5, 5.41) is 10.4. The molecule has 0 radical (unpaired) electrons. The summed E-state index contributed by atoms with van der Waals surface area (Å²) >= 11 is 0. The van der Waals surface area contributed by atoms with Crippen LogP contribution in [0.25, 0.3) is 0 Å². The van der Waals surface area contributed by atoms with Gasteiger partial charge in [-0.15, -0.1) is 0 Å². The molecule has 0 aromatic heterocycles. The molecule has 7 nitrogen and oxygen atoms in total. The summed E-state index contributed by atoms with van der Waals surface area (Å²) < 4.78 is 10.9. The van der Waals surface area contributed by atoms with Crippen molar-refractivity contribution in [3.05, 3.63) is 0 Å². The standard InChI is InChI=1S/C33H65NO6/c1-4-6-8-10-12-14-16-18-20-22-24-26-32(36)38-28-31(29-39-34(3)30-35)40-33(37)27-25-23-21-19-17-15-13-11-9-7-5-2/h31,35H,4-30H2,1-3H3/t31-/m1/s1. The highest BCUT2D eigenvalue weighted by Gasteiger charge is 2.18. The minimum atomic E-state index is -0.685. The molecule has 0 bridgehead atoms. The van der Waals surface area contributed by atoms with E-state index in [9.17, 15) is 9.59 Å². The van der Waals surface area contributed by atoms with E-state index in [4.69, 9.17) is 19.4 Å². The van der Waals surface area contributed by atoms with Crippen LogP contribution in [0.5, 0.6) is 0 Å². The molecule has 0 fully saturated rings. The Labute approximate surface area is 247 Å². The lowest BCUT2D eigenvalue weighted by Gasteiger charge is -2.21. The van der Waals surface area contributed by atoms with Crippen LogP contribution in [0.4, 0.5) is 0 Å². The topological polar surface area (TPSA) is 85.3 Å². The maximum Gasteiger partial charge on any atom is 0.306 e. The van der Waals surface area contributed by atoms with Crippen molar-refractivity contribution in [3.8, 4) is 0 Å². The maximum absolute atomic E-state index is 12.4. The van der Waals surface area contributed by atoms with Crippen LogP contribution in [0.1, 0.15) is 168 Å². The van der Waals surface area contributed by atoms with E-state index in [0.29, 0.717) is 12.8 Å². The van der Waals surface area contributed by atoms with Crippen molar-refractivity contribution in [3.63, 3.8) is 0 Å². The highest BCUT2D eigenvalue weighted by atomic mass is 16.7. The van der Waals surface area contributed by atoms with E-state index in [-0.39, 0.29) is 31.9 Å². The van der Waals surface area contributed by atoms with Gasteiger partial charge in [-0.25, -0.2) is 0 Å². The highest BCUT2D eigenvalue weighted by molar-refractivity contribution is 5.70. The Morgan fingerprint density at radius 1 is 0.575 bits per heavy atom. The van der Waals surface area contributed by atoms with Gasteiger partial charge in [-0.1, -0.05) is 142 Å². The number of aliphatic hydroxyl groups is 1. The van der Waals surface area contributed by atoms with Crippen LogP contribution in [0.2, 0.25) is 0 Å². The number of hydrogen-bond donors (Lipinski definition) is 1. The number of ether oxygens (including phenoxy) is 2. The average molecular weight is 572 g/mol. The summed E-state index contributed by atoms with van der Waals surface area (Å²) in [4.78, 5) is 30.0. The number of hydrogen-bond acceptors (Lipinski definition) is 7. The van der Waals surface area contributed by atoms with Crippen molar-refractivity contribution < 1.29 is 29.0 Å². The average Bonchev–Trinajstić information content (AvgIpc) is 2.95. The second kappa shape index (κ2) is 30.8. The Morgan fingerprint density at radius 3 is 1.35 bits per heavy atom. The summed E-state index contributed by atoms with van der Waals surface area (Å²) in [6.07, 6.45) is 27.1. The van der Waals surface area contributed by atoms with E-state index in [2.05, 4.69) is 13.8 Å². The lowest BCUT2D eigenvalue weighted by molar-refractivity contribution is -0.207. The first-order chi connectivity index (χ1) is 19.5. The van der Waals surface area contributed by atoms with Crippen molar-refractivity contribution in [2.45, 2.75) is 174 Å². The molecule has 1 atom stereocenters. The van der Waals surface area contributed by atoms with Crippen molar-refractivity contribution in [2.75, 3.05) is 27.0 Å². The first-order valence-corrected chi connectivity index (χ1v) is 16.8. The monoisotopic (exact) mass is 571 g/mol. The molecule has 0 aliphatic heterocycles. The summed E-state index contributed by atoms with van der Waals surface area (Å²) in [5.41, 5.74) is 0. The van der Waals surface area contributed by atoms with Gasteiger partial charge in [0.1, 0.15) is 19.9 Å². The van der Waals surface area contributed by atoms with Gasteiger partial charge in [-0.05, 0) is 12.8 Å². The fourth-order valence-corrected chi connectivity index (χ4v) is 4.74. The van der Waals surface area contributed by atoms with Gasteiger partial charge in [0.05, 0.1) is 0 Å². The van der Waals surface area contributed by atoms with Crippen LogP contribution < -0.4 is 0 Å². The van der Waals surface area contributed by atoms with Crippen LogP contribution in [0.3, 0.4) is 0 Å². The van der Waals surface area contributed by atoms with Gasteiger partial charge in [0.2, 0.25) is 0 Å². The van der Waals surface area contributed by atoms with E-state index < -0.39 is 6.10 Å². The molecule has 238 valence electrons. The smallest absolute Gasteiger partial charge is 0.306 e. The molecule has 0 aliphatic rings. The number of hydroxylamine groups is 2. The van der Waals surface area contributed by atoms with Crippen molar-refractivity contribution >= 4 is 11.9 Å². The summed E-state index contributed by atoms with van der Waals surface area (Å²) in [6.45, 7) is 4.22. The lowest BCUT2D eigenvalue weighted by Crippen LogP contribution is -2.33. The molecule has 0 spiro atoms. The molecule has 0 saturated heterocycles. The van der Waals surface area contributed by atoms with Crippen LogP contribution in [0, 0.1) is 0 Å². The number of esters is 2. The van der Waals surface area contributed by atoms with Crippen molar-refractivity contribution in [1.82, 2.24) is 5.06 Å². The summed E-state index contributed by atoms with van der Waals surface area (Å²) in [5.74, 6) is -0.560. The van der Waals surface area contributed by atoms with Crippen molar-refractivity contribution in [1.29, 1.82) is 0 Å². The zero-order chi connectivity index (χ0) is 29.5. The second-order valence-corrected chi connectivity index (χ2v) is 11.4. The Bertz CT molecular complexity index is 559. The number of carbonyl (C=O) groups is 2. The minimum Gasteiger partial charge on any atom is -0.462 e. The van der Waals surface area contributed by atoms with E-state index in [1.807, 2.05) is 0 Å². The van der Waals surface area contributed by atoms with Gasteiger partial charge in [-0.2, -0.15) is 5.06 Å². The van der Waals surface area contributed by atoms with Crippen LogP contribution >= 0.6 is 0 Å². The molecule has 7 heteroatoms. The zero-order valence-electron chi connectivity index (χ0n) is 26.6. The molecule has 0 aromatic rings. The number of nitrogens with zero attached hydrogens (tertiary/aromatic N) is 1. The Hall–Kier alpha value is -1.18. The number of rotatable bonds is 31. The third-order valence-electron chi connectivity index (χ3n) is 7.38. The van der Waals surface area contributed by atoms with Crippen molar-refractivity contribution in [2.24, 2.45) is 0 Å². The lowest BCUT2D eigenvalue weighted by atomic mass is 10.1. The Morgan fingerprint density at radius 2 is 0.950 bits per heavy atom. The molecule has 40 heavy (non-hydrogen) atoms. The van der Waals surface area contributed by atoms with Gasteiger partial charge < -0.3 is 14.6 Å². The minimum absolute atomic E-state index is 0.0276. The van der Waals surface area contributed by atoms with Gasteiger partial charge >= 0.3 is 11.9 Å². The Balaban J connectivity index is 3.98. The van der Waals surface area contributed by atoms with Gasteiger partial charge in [-0.3, -0.25) is 14.4 Å². The molecule has 0 amide bonds. The molecular formula is C33H65NO6. The predicted molar refractivity (Wildman–Crippen MR) is 164 cm³/mol. The largest absolute Gasteiger partial charge is 0.462 e. The number of aliphatic hydroxyl groups excluding tert-OH is 1. The highest BCUT2D eigenvalue weighted by Crippen LogP contribution is 2.14. The quantitative estimate of drug-likeness (QED) is 0.0386. The second-order valence-electron chi connectivity index (χ2n) is 11.4. The van der Waals surface area contributed by atoms with Crippen LogP contribution in [0.15, 0.2) is 0 Å².